The number of aromatic nitrogens is 3. The van der Waals surface area contributed by atoms with Crippen molar-refractivity contribution in [3.05, 3.63) is 77.1 Å². The predicted molar refractivity (Wildman–Crippen MR) is 178 cm³/mol. The molecule has 0 unspecified atom stereocenters. The first-order valence-electron chi connectivity index (χ1n) is 15.6. The second kappa shape index (κ2) is 14.2. The van der Waals surface area contributed by atoms with Gasteiger partial charge in [0.15, 0.2) is 11.3 Å². The maximum absolute atomic E-state index is 14.4. The number of carbonyl (C=O) groups is 2. The smallest absolute Gasteiger partial charge is 0.433 e. The van der Waals surface area contributed by atoms with E-state index in [1.54, 1.807) is 62.1 Å². The summed E-state index contributed by atoms with van der Waals surface area (Å²) >= 11 is 0. The number of benzene rings is 2. The number of hydrogen-bond donors (Lipinski definition) is 1. The van der Waals surface area contributed by atoms with E-state index in [1.807, 2.05) is 40.0 Å². The molecule has 2 aromatic heterocycles. The number of likely N-dealkylation sites (N-methyl/N-ethyl adjacent to an activating group) is 1. The second-order valence-electron chi connectivity index (χ2n) is 13.0. The quantitative estimate of drug-likeness (QED) is 0.186. The molecule has 0 spiro atoms. The average molecular weight is 669 g/mol. The number of fused-ring (bicyclic) bond motifs is 1. The third-order valence-electron chi connectivity index (χ3n) is 8.02. The predicted octanol–water partition coefficient (Wildman–Crippen LogP) is 7.62. The number of ether oxygens (including phenoxy) is 2. The van der Waals surface area contributed by atoms with Crippen LogP contribution in [0.15, 0.2) is 54.7 Å². The van der Waals surface area contributed by atoms with Gasteiger partial charge in [-0.05, 0) is 97.5 Å². The van der Waals surface area contributed by atoms with Gasteiger partial charge in [0.05, 0.1) is 19.0 Å². The van der Waals surface area contributed by atoms with E-state index >= 15 is 0 Å². The van der Waals surface area contributed by atoms with E-state index in [-0.39, 0.29) is 34.6 Å². The van der Waals surface area contributed by atoms with Crippen molar-refractivity contribution >= 4 is 23.3 Å². The van der Waals surface area contributed by atoms with Crippen molar-refractivity contribution in [1.82, 2.24) is 24.4 Å². The fourth-order valence-corrected chi connectivity index (χ4v) is 5.32. The number of halogens is 3. The maximum atomic E-state index is 14.4. The van der Waals surface area contributed by atoms with Crippen LogP contribution in [0.5, 0.6) is 5.75 Å². The van der Waals surface area contributed by atoms with Crippen molar-refractivity contribution in [2.24, 2.45) is 0 Å². The number of alkyl halides is 3. The molecule has 0 fully saturated rings. The third-order valence-corrected chi connectivity index (χ3v) is 8.02. The average Bonchev–Trinajstić information content (AvgIpc) is 3.42. The van der Waals surface area contributed by atoms with Crippen molar-refractivity contribution in [1.29, 1.82) is 0 Å². The molecular formula is C35H43F3N6O4. The number of carbonyl (C=O) groups excluding carboxylic acids is 2. The number of anilines is 1. The topological polar surface area (TPSA) is 101 Å². The highest BCUT2D eigenvalue weighted by molar-refractivity contribution is 6.00. The molecule has 0 saturated carbocycles. The van der Waals surface area contributed by atoms with Gasteiger partial charge in [-0.15, -0.1) is 0 Å². The Labute approximate surface area is 278 Å². The zero-order valence-corrected chi connectivity index (χ0v) is 28.8. The first kappa shape index (κ1) is 36.2. The molecule has 1 N–H and O–H groups in total. The van der Waals surface area contributed by atoms with Crippen LogP contribution in [0.25, 0.3) is 16.9 Å². The van der Waals surface area contributed by atoms with Crippen molar-refractivity contribution in [3.63, 3.8) is 0 Å². The lowest BCUT2D eigenvalue weighted by Crippen LogP contribution is -2.42. The molecule has 0 saturated heterocycles. The first-order valence-corrected chi connectivity index (χ1v) is 15.6. The highest BCUT2D eigenvalue weighted by atomic mass is 19.4. The summed E-state index contributed by atoms with van der Waals surface area (Å²) in [6, 6.07) is 13.6. The normalized spacial score (nSPS) is 12.8. The summed E-state index contributed by atoms with van der Waals surface area (Å²) in [4.78, 5) is 34.3. The standard InChI is InChI=1S/C35H43F3N6O4/c1-21(2)43(19-18-42(8)23(4)24-10-14-26(15-11-24)40-33(46)48-34(5,6)7)32(45)28-20-39-44-30(35(36,37)38)22(3)29(41-31(28)44)25-12-16-27(47-9)17-13-25/h10-17,20-21,23H,18-19H2,1-9H3,(H,40,46)/t23-/m0/s1. The number of amides is 2. The summed E-state index contributed by atoms with van der Waals surface area (Å²) in [5, 5.41) is 6.72. The van der Waals surface area contributed by atoms with Crippen molar-refractivity contribution in [3.8, 4) is 17.0 Å². The minimum atomic E-state index is -4.75. The van der Waals surface area contributed by atoms with Crippen LogP contribution >= 0.6 is 0 Å². The van der Waals surface area contributed by atoms with E-state index < -0.39 is 29.5 Å². The summed E-state index contributed by atoms with van der Waals surface area (Å²) in [5.41, 5.74) is 0.239. The molecular weight excluding hydrogens is 625 g/mol. The SMILES string of the molecule is COc1ccc(-c2nc3c(C(=O)N(CCN(C)[C@@H](C)c4ccc(NC(=O)OC(C)(C)C)cc4)C(C)C)cnn3c(C(F)(F)F)c2C)cc1. The Morgan fingerprint density at radius 3 is 2.15 bits per heavy atom. The zero-order chi connectivity index (χ0) is 35.6. The summed E-state index contributed by atoms with van der Waals surface area (Å²) in [7, 11) is 3.43. The van der Waals surface area contributed by atoms with Crippen molar-refractivity contribution < 1.29 is 32.2 Å². The molecule has 4 rings (SSSR count). The number of methoxy groups -OCH3 is 1. The van der Waals surface area contributed by atoms with Crippen LogP contribution in [0, 0.1) is 6.92 Å². The Hall–Kier alpha value is -4.65. The van der Waals surface area contributed by atoms with Gasteiger partial charge in [0.2, 0.25) is 0 Å². The summed E-state index contributed by atoms with van der Waals surface area (Å²) in [6.07, 6.45) is -4.13. The summed E-state index contributed by atoms with van der Waals surface area (Å²) in [5.74, 6) is 0.0802. The van der Waals surface area contributed by atoms with Gasteiger partial charge in [-0.2, -0.15) is 18.3 Å². The highest BCUT2D eigenvalue weighted by Crippen LogP contribution is 2.37. The molecule has 0 aliphatic carbocycles. The van der Waals surface area contributed by atoms with Crippen LogP contribution in [-0.2, 0) is 10.9 Å². The van der Waals surface area contributed by atoms with E-state index in [0.717, 1.165) is 11.8 Å². The first-order chi connectivity index (χ1) is 22.4. The molecule has 0 aliphatic heterocycles. The molecule has 2 heterocycles. The van der Waals surface area contributed by atoms with Gasteiger partial charge in [0.25, 0.3) is 5.91 Å². The Bertz CT molecular complexity index is 1750. The van der Waals surface area contributed by atoms with E-state index in [4.69, 9.17) is 9.47 Å². The molecule has 10 nitrogen and oxygen atoms in total. The van der Waals surface area contributed by atoms with Crippen LogP contribution in [-0.4, -0.2) is 75.3 Å². The Balaban J connectivity index is 1.56. The molecule has 0 radical (unpaired) electrons. The lowest BCUT2D eigenvalue weighted by Gasteiger charge is -2.31. The molecule has 4 aromatic rings. The monoisotopic (exact) mass is 668 g/mol. The lowest BCUT2D eigenvalue weighted by molar-refractivity contribution is -0.143. The van der Waals surface area contributed by atoms with E-state index in [1.165, 1.54) is 14.0 Å². The minimum absolute atomic E-state index is 0.0206. The molecule has 48 heavy (non-hydrogen) atoms. The zero-order valence-electron chi connectivity index (χ0n) is 28.8. The van der Waals surface area contributed by atoms with E-state index in [0.29, 0.717) is 34.6 Å². The number of hydrogen-bond acceptors (Lipinski definition) is 7. The summed E-state index contributed by atoms with van der Waals surface area (Å²) in [6.45, 7) is 13.2. The van der Waals surface area contributed by atoms with E-state index in [9.17, 15) is 22.8 Å². The van der Waals surface area contributed by atoms with Gasteiger partial charge in [-0.3, -0.25) is 15.0 Å². The molecule has 0 bridgehead atoms. The number of nitrogens with one attached hydrogen (secondary N) is 1. The van der Waals surface area contributed by atoms with Gasteiger partial charge in [-0.1, -0.05) is 12.1 Å². The summed E-state index contributed by atoms with van der Waals surface area (Å²) < 4.78 is 54.5. The maximum Gasteiger partial charge on any atom is 0.433 e. The van der Waals surface area contributed by atoms with Gasteiger partial charge in [0.1, 0.15) is 16.9 Å². The van der Waals surface area contributed by atoms with Gasteiger partial charge >= 0.3 is 12.3 Å². The Morgan fingerprint density at radius 1 is 0.979 bits per heavy atom. The number of rotatable bonds is 10. The largest absolute Gasteiger partial charge is 0.497 e. The van der Waals surface area contributed by atoms with Gasteiger partial charge in [0, 0.05) is 42.0 Å². The fraction of sp³-hybridized carbons (Fsp3) is 0.429. The van der Waals surface area contributed by atoms with Gasteiger partial charge < -0.3 is 14.4 Å². The second-order valence-corrected chi connectivity index (χ2v) is 13.0. The molecule has 1 atom stereocenters. The van der Waals surface area contributed by atoms with Crippen molar-refractivity contribution in [2.75, 3.05) is 32.6 Å². The van der Waals surface area contributed by atoms with Crippen LogP contribution in [0.4, 0.5) is 23.7 Å². The lowest BCUT2D eigenvalue weighted by atomic mass is 10.0. The molecule has 2 aromatic carbocycles. The Kier molecular flexibility index (Phi) is 10.7. The van der Waals surface area contributed by atoms with Gasteiger partial charge in [-0.25, -0.2) is 14.3 Å². The molecule has 0 aliphatic rings. The van der Waals surface area contributed by atoms with Crippen LogP contribution in [0.2, 0.25) is 0 Å². The minimum Gasteiger partial charge on any atom is -0.497 e. The van der Waals surface area contributed by atoms with Crippen LogP contribution < -0.4 is 10.1 Å². The molecule has 2 amide bonds. The molecule has 258 valence electrons. The van der Waals surface area contributed by atoms with Crippen molar-refractivity contribution in [2.45, 2.75) is 72.3 Å². The third kappa shape index (κ3) is 8.25. The highest BCUT2D eigenvalue weighted by Gasteiger charge is 2.39. The van der Waals surface area contributed by atoms with Crippen LogP contribution in [0.1, 0.15) is 74.8 Å². The Morgan fingerprint density at radius 2 is 1.60 bits per heavy atom. The van der Waals surface area contributed by atoms with Crippen LogP contribution in [0.3, 0.4) is 0 Å². The molecule has 13 heteroatoms. The van der Waals surface area contributed by atoms with E-state index in [2.05, 4.69) is 20.3 Å². The number of nitrogens with zero attached hydrogens (tertiary/aromatic N) is 5. The fourth-order valence-electron chi connectivity index (χ4n) is 5.32.